The van der Waals surface area contributed by atoms with Gasteiger partial charge in [0.05, 0.1) is 24.1 Å². The molecule has 0 radical (unpaired) electrons. The average Bonchev–Trinajstić information content (AvgIpc) is 3.53. The first-order chi connectivity index (χ1) is 19.5. The van der Waals surface area contributed by atoms with Crippen molar-refractivity contribution in [1.29, 1.82) is 0 Å². The topological polar surface area (TPSA) is 123 Å². The number of aliphatic hydroxyl groups is 1. The number of aryl methyl sites for hydroxylation is 1. The van der Waals surface area contributed by atoms with E-state index in [2.05, 4.69) is 5.32 Å². The molecule has 1 aromatic heterocycles. The number of benzene rings is 3. The molecule has 6 rings (SSSR count). The van der Waals surface area contributed by atoms with Gasteiger partial charge in [-0.15, -0.1) is 0 Å². The van der Waals surface area contributed by atoms with Gasteiger partial charge >= 0.3 is 0 Å². The van der Waals surface area contributed by atoms with Crippen LogP contribution >= 0.6 is 23.2 Å². The number of carbonyl (C=O) groups is 2. The summed E-state index contributed by atoms with van der Waals surface area (Å²) in [5.41, 5.74) is 8.01. The summed E-state index contributed by atoms with van der Waals surface area (Å²) >= 11 is 12.7. The predicted molar refractivity (Wildman–Crippen MR) is 158 cm³/mol. The summed E-state index contributed by atoms with van der Waals surface area (Å²) in [6.07, 6.45) is -1.20. The molecule has 4 N–H and O–H groups in total. The molecular weight excluding hydrogens is 565 g/mol. The molecule has 3 aromatic carbocycles. The van der Waals surface area contributed by atoms with E-state index in [4.69, 9.17) is 38.7 Å². The van der Waals surface area contributed by atoms with E-state index in [-0.39, 0.29) is 11.7 Å². The van der Waals surface area contributed by atoms with Crippen LogP contribution in [-0.2, 0) is 10.3 Å². The third-order valence-electron chi connectivity index (χ3n) is 7.68. The molecule has 2 aliphatic rings. The number of nitrogens with one attached hydrogen (secondary N) is 1. The number of methoxy groups -OCH3 is 1. The Morgan fingerprint density at radius 2 is 1.76 bits per heavy atom. The fourth-order valence-corrected chi connectivity index (χ4v) is 6.24. The van der Waals surface area contributed by atoms with Gasteiger partial charge < -0.3 is 25.5 Å². The van der Waals surface area contributed by atoms with Gasteiger partial charge in [-0.3, -0.25) is 14.5 Å². The number of aromatic nitrogens is 2. The van der Waals surface area contributed by atoms with Gasteiger partial charge in [0.15, 0.2) is 11.2 Å². The van der Waals surface area contributed by atoms with Gasteiger partial charge in [0.2, 0.25) is 0 Å². The Morgan fingerprint density at radius 3 is 2.44 bits per heavy atom. The number of anilines is 2. The lowest BCUT2D eigenvalue weighted by Gasteiger charge is -2.36. The number of fused-ring (bicyclic) bond motifs is 4. The molecule has 2 amide bonds. The highest BCUT2D eigenvalue weighted by molar-refractivity contribution is 6.32. The normalized spacial score (nSPS) is 18.2. The summed E-state index contributed by atoms with van der Waals surface area (Å²) in [5, 5.41) is 13.8. The number of rotatable bonds is 5. The summed E-state index contributed by atoms with van der Waals surface area (Å²) in [4.78, 5) is 35.2. The molecule has 0 saturated heterocycles. The number of carbonyl (C=O) groups excluding carboxylic acids is 2. The van der Waals surface area contributed by atoms with Crippen LogP contribution in [0.15, 0.2) is 54.6 Å². The Bertz CT molecular complexity index is 1770. The number of hydrogen-bond acceptors (Lipinski definition) is 6. The maximum atomic E-state index is 14.5. The molecule has 11 heteroatoms. The summed E-state index contributed by atoms with van der Waals surface area (Å²) in [6, 6.07) is 15.2. The smallest absolute Gasteiger partial charge is 0.280 e. The first-order valence-corrected chi connectivity index (χ1v) is 13.7. The van der Waals surface area contributed by atoms with Crippen molar-refractivity contribution in [3.8, 4) is 17.1 Å². The summed E-state index contributed by atoms with van der Waals surface area (Å²) in [6.45, 7) is 5.77. The zero-order valence-corrected chi connectivity index (χ0v) is 24.2. The molecule has 9 nitrogen and oxygen atoms in total. The van der Waals surface area contributed by atoms with Crippen LogP contribution in [0.1, 0.15) is 59.0 Å². The highest BCUT2D eigenvalue weighted by Gasteiger charge is 2.64. The van der Waals surface area contributed by atoms with E-state index in [1.807, 2.05) is 31.4 Å². The fourth-order valence-electron chi connectivity index (χ4n) is 5.90. The van der Waals surface area contributed by atoms with Gasteiger partial charge in [0.25, 0.3) is 11.8 Å². The van der Waals surface area contributed by atoms with E-state index >= 15 is 0 Å². The van der Waals surface area contributed by atoms with Crippen LogP contribution in [0, 0.1) is 6.92 Å². The van der Waals surface area contributed by atoms with Crippen molar-refractivity contribution in [2.24, 2.45) is 5.73 Å². The molecule has 2 aliphatic heterocycles. The average molecular weight is 592 g/mol. The van der Waals surface area contributed by atoms with E-state index in [1.54, 1.807) is 48.5 Å². The largest absolute Gasteiger partial charge is 0.496 e. The van der Waals surface area contributed by atoms with Gasteiger partial charge in [0.1, 0.15) is 17.8 Å². The van der Waals surface area contributed by atoms with Crippen LogP contribution in [0.4, 0.5) is 11.4 Å². The molecular formula is C30H27Cl2N5O4. The number of hydrogen-bond donors (Lipinski definition) is 3. The van der Waals surface area contributed by atoms with Crippen molar-refractivity contribution in [3.63, 3.8) is 0 Å². The number of nitrogens with two attached hydrogens (primary N) is 1. The molecule has 0 aliphatic carbocycles. The minimum Gasteiger partial charge on any atom is -0.496 e. The zero-order chi connectivity index (χ0) is 29.4. The highest BCUT2D eigenvalue weighted by atomic mass is 35.5. The Labute approximate surface area is 246 Å². The number of amides is 2. The Balaban J connectivity index is 1.72. The van der Waals surface area contributed by atoms with E-state index in [1.165, 1.54) is 12.0 Å². The fraction of sp³-hybridized carbons (Fsp3) is 0.233. The van der Waals surface area contributed by atoms with Crippen molar-refractivity contribution in [1.82, 2.24) is 9.55 Å². The maximum absolute atomic E-state index is 14.5. The SMILES string of the molecule is COc1cc(C(N)O)ccc1-c1nc2c(n1C(C)C)C1(C(=O)Nc3cc(Cl)ccc31)N(c1cc(Cl)ccc1C)C2=O. The lowest BCUT2D eigenvalue weighted by atomic mass is 9.86. The molecule has 0 bridgehead atoms. The second kappa shape index (κ2) is 9.60. The van der Waals surface area contributed by atoms with Crippen LogP contribution in [0.3, 0.4) is 0 Å². The van der Waals surface area contributed by atoms with Gasteiger partial charge in [-0.25, -0.2) is 4.98 Å². The molecule has 2 unspecified atom stereocenters. The first kappa shape index (κ1) is 27.3. The molecule has 1 spiro atoms. The van der Waals surface area contributed by atoms with Gasteiger partial charge in [-0.2, -0.15) is 0 Å². The number of imidazole rings is 1. The second-order valence-corrected chi connectivity index (χ2v) is 11.3. The van der Waals surface area contributed by atoms with Crippen LogP contribution in [0.5, 0.6) is 5.75 Å². The summed E-state index contributed by atoms with van der Waals surface area (Å²) in [7, 11) is 1.50. The van der Waals surface area contributed by atoms with Crippen molar-refractivity contribution in [2.75, 3.05) is 17.3 Å². The van der Waals surface area contributed by atoms with Crippen molar-refractivity contribution < 1.29 is 19.4 Å². The summed E-state index contributed by atoms with van der Waals surface area (Å²) in [5.74, 6) is -0.0184. The van der Waals surface area contributed by atoms with E-state index in [0.29, 0.717) is 55.4 Å². The molecule has 2 atom stereocenters. The maximum Gasteiger partial charge on any atom is 0.280 e. The van der Waals surface area contributed by atoms with Crippen LogP contribution < -0.4 is 20.7 Å². The van der Waals surface area contributed by atoms with Gasteiger partial charge in [-0.1, -0.05) is 41.4 Å². The van der Waals surface area contributed by atoms with E-state index in [0.717, 1.165) is 5.56 Å². The Hall–Kier alpha value is -3.89. The summed E-state index contributed by atoms with van der Waals surface area (Å²) < 4.78 is 7.55. The highest BCUT2D eigenvalue weighted by Crippen LogP contribution is 2.55. The number of nitrogens with zero attached hydrogens (tertiary/aromatic N) is 3. The Kier molecular flexibility index (Phi) is 6.39. The van der Waals surface area contributed by atoms with Crippen LogP contribution in [0.2, 0.25) is 10.0 Å². The standard InChI is InChI=1S/C30H27Cl2N5O4/c1-14(2)36-25-24(35-27(36)19-9-6-16(26(33)38)11-23(19)41-4)28(39)37(22-13-18(32)7-5-15(22)3)30(25)20-10-8-17(31)12-21(20)34-29(30)40/h5-14,26,38H,33H2,1-4H3,(H,34,40). The minimum absolute atomic E-state index is 0.135. The second-order valence-electron chi connectivity index (χ2n) is 10.4. The zero-order valence-electron chi connectivity index (χ0n) is 22.7. The quantitative estimate of drug-likeness (QED) is 0.261. The molecule has 0 fully saturated rings. The third kappa shape index (κ3) is 3.80. The number of aliphatic hydroxyl groups excluding tert-OH is 1. The van der Waals surface area contributed by atoms with Gasteiger partial charge in [0, 0.05) is 27.3 Å². The monoisotopic (exact) mass is 591 g/mol. The Morgan fingerprint density at radius 1 is 1.05 bits per heavy atom. The van der Waals surface area contributed by atoms with Crippen molar-refractivity contribution in [3.05, 3.63) is 92.7 Å². The van der Waals surface area contributed by atoms with E-state index < -0.39 is 23.6 Å². The molecule has 4 aromatic rings. The third-order valence-corrected chi connectivity index (χ3v) is 8.15. The van der Waals surface area contributed by atoms with Crippen LogP contribution in [-0.4, -0.2) is 33.6 Å². The molecule has 210 valence electrons. The van der Waals surface area contributed by atoms with Crippen molar-refractivity contribution >= 4 is 46.4 Å². The minimum atomic E-state index is -1.60. The van der Waals surface area contributed by atoms with Gasteiger partial charge in [-0.05, 0) is 68.3 Å². The van der Waals surface area contributed by atoms with E-state index in [9.17, 15) is 14.7 Å². The predicted octanol–water partition coefficient (Wildman–Crippen LogP) is 5.56. The molecule has 41 heavy (non-hydrogen) atoms. The molecule has 0 saturated carbocycles. The lowest BCUT2D eigenvalue weighted by Crippen LogP contribution is -2.51. The number of ether oxygens (including phenoxy) is 1. The lowest BCUT2D eigenvalue weighted by molar-refractivity contribution is -0.119. The number of halogens is 2. The van der Waals surface area contributed by atoms with Crippen LogP contribution in [0.25, 0.3) is 11.4 Å². The molecule has 3 heterocycles. The first-order valence-electron chi connectivity index (χ1n) is 13.0. The van der Waals surface area contributed by atoms with Crippen molar-refractivity contribution in [2.45, 2.75) is 38.6 Å².